The number of benzene rings is 3. The van der Waals surface area contributed by atoms with Gasteiger partial charge in [0.25, 0.3) is 11.6 Å². The van der Waals surface area contributed by atoms with Crippen molar-refractivity contribution in [3.8, 4) is 11.3 Å². The summed E-state index contributed by atoms with van der Waals surface area (Å²) in [6.07, 6.45) is 0. The Morgan fingerprint density at radius 1 is 0.968 bits per heavy atom. The summed E-state index contributed by atoms with van der Waals surface area (Å²) in [4.78, 5) is 28.7. The van der Waals surface area contributed by atoms with Crippen LogP contribution in [0.25, 0.3) is 22.2 Å². The lowest BCUT2D eigenvalue weighted by Gasteiger charge is -2.16. The van der Waals surface area contributed by atoms with Crippen LogP contribution >= 0.6 is 0 Å². The first-order valence-electron chi connectivity index (χ1n) is 9.88. The topological polar surface area (TPSA) is 85.1 Å². The quantitative estimate of drug-likeness (QED) is 0.330. The van der Waals surface area contributed by atoms with E-state index in [-0.39, 0.29) is 11.6 Å². The molecule has 0 aliphatic carbocycles. The van der Waals surface area contributed by atoms with Crippen molar-refractivity contribution in [1.29, 1.82) is 0 Å². The zero-order valence-corrected chi connectivity index (χ0v) is 17.5. The summed E-state index contributed by atoms with van der Waals surface area (Å²) in [5.74, 6) is -0.277. The monoisotopic (exact) mass is 411 g/mol. The molecule has 1 aromatic heterocycles. The number of pyridine rings is 1. The molecule has 0 saturated carbocycles. The summed E-state index contributed by atoms with van der Waals surface area (Å²) in [7, 11) is 0. The average molecular weight is 411 g/mol. The Morgan fingerprint density at radius 3 is 2.29 bits per heavy atom. The molecule has 4 rings (SSSR count). The molecule has 0 fully saturated rings. The van der Waals surface area contributed by atoms with Crippen LogP contribution in [0.1, 0.15) is 27.0 Å². The molecule has 1 amide bonds. The highest BCUT2D eigenvalue weighted by Crippen LogP contribution is 2.32. The first-order chi connectivity index (χ1) is 14.8. The number of hydrogen-bond donors (Lipinski definition) is 1. The van der Waals surface area contributed by atoms with Gasteiger partial charge in [0.05, 0.1) is 21.7 Å². The van der Waals surface area contributed by atoms with Gasteiger partial charge in [0.15, 0.2) is 0 Å². The van der Waals surface area contributed by atoms with Crippen LogP contribution < -0.4 is 5.32 Å². The molecule has 3 aromatic carbocycles. The maximum absolute atomic E-state index is 13.4. The van der Waals surface area contributed by atoms with Gasteiger partial charge in [-0.05, 0) is 50.1 Å². The van der Waals surface area contributed by atoms with Crippen molar-refractivity contribution < 1.29 is 9.72 Å². The number of nitrogens with one attached hydrogen (secondary N) is 1. The summed E-state index contributed by atoms with van der Waals surface area (Å²) in [5.41, 5.74) is 6.31. The van der Waals surface area contributed by atoms with Gasteiger partial charge in [0.2, 0.25) is 0 Å². The number of rotatable bonds is 4. The number of hydrogen-bond acceptors (Lipinski definition) is 4. The SMILES string of the molecule is Cc1cc(C)c2nc(-c3ccccc3)c(C)c(C(=O)Nc3ccc([N+](=O)[O-])cc3)c2c1. The summed E-state index contributed by atoms with van der Waals surface area (Å²) >= 11 is 0. The number of carbonyl (C=O) groups is 1. The van der Waals surface area contributed by atoms with Crippen molar-refractivity contribution in [3.63, 3.8) is 0 Å². The highest BCUT2D eigenvalue weighted by molar-refractivity contribution is 6.15. The Bertz CT molecular complexity index is 1310. The number of nitro groups is 1. The second kappa shape index (κ2) is 7.99. The van der Waals surface area contributed by atoms with Crippen LogP contribution in [0.15, 0.2) is 66.7 Å². The Morgan fingerprint density at radius 2 is 1.65 bits per heavy atom. The summed E-state index contributed by atoms with van der Waals surface area (Å²) < 4.78 is 0. The third-order valence-electron chi connectivity index (χ3n) is 5.28. The standard InChI is InChI=1S/C25H21N3O3/c1-15-13-16(2)23-21(14-15)22(17(3)24(27-23)18-7-5-4-6-8-18)25(29)26-19-9-11-20(12-10-19)28(30)31/h4-14H,1-3H3,(H,26,29). The number of nitrogens with zero attached hydrogens (tertiary/aromatic N) is 2. The molecule has 0 aliphatic heterocycles. The molecule has 0 atom stereocenters. The van der Waals surface area contributed by atoms with E-state index >= 15 is 0 Å². The minimum atomic E-state index is -0.468. The average Bonchev–Trinajstić information content (AvgIpc) is 2.74. The third-order valence-corrected chi connectivity index (χ3v) is 5.28. The van der Waals surface area contributed by atoms with Crippen molar-refractivity contribution >= 4 is 28.2 Å². The lowest BCUT2D eigenvalue weighted by molar-refractivity contribution is -0.384. The van der Waals surface area contributed by atoms with Gasteiger partial charge in [0, 0.05) is 28.8 Å². The molecule has 0 unspecified atom stereocenters. The van der Waals surface area contributed by atoms with Crippen molar-refractivity contribution in [2.24, 2.45) is 0 Å². The summed E-state index contributed by atoms with van der Waals surface area (Å²) in [6, 6.07) is 19.6. The van der Waals surface area contributed by atoms with Crippen LogP contribution in [0.2, 0.25) is 0 Å². The van der Waals surface area contributed by atoms with E-state index < -0.39 is 4.92 Å². The highest BCUT2D eigenvalue weighted by atomic mass is 16.6. The summed E-state index contributed by atoms with van der Waals surface area (Å²) in [5, 5.41) is 14.6. The minimum absolute atomic E-state index is 0.0267. The van der Waals surface area contributed by atoms with E-state index in [9.17, 15) is 14.9 Å². The molecular formula is C25H21N3O3. The van der Waals surface area contributed by atoms with E-state index in [0.29, 0.717) is 11.3 Å². The largest absolute Gasteiger partial charge is 0.322 e. The Hall–Kier alpha value is -4.06. The predicted molar refractivity (Wildman–Crippen MR) is 122 cm³/mol. The number of aryl methyl sites for hydroxylation is 2. The van der Waals surface area contributed by atoms with E-state index in [2.05, 4.69) is 11.4 Å². The number of aromatic nitrogens is 1. The maximum atomic E-state index is 13.4. The molecule has 0 radical (unpaired) electrons. The first-order valence-corrected chi connectivity index (χ1v) is 9.88. The Labute approximate surface area is 179 Å². The van der Waals surface area contributed by atoms with Crippen molar-refractivity contribution in [3.05, 3.63) is 99.1 Å². The first kappa shape index (κ1) is 20.2. The third kappa shape index (κ3) is 3.88. The van der Waals surface area contributed by atoms with Crippen LogP contribution in [-0.2, 0) is 0 Å². The van der Waals surface area contributed by atoms with E-state index in [0.717, 1.165) is 38.9 Å². The fraction of sp³-hybridized carbons (Fsp3) is 0.120. The second-order valence-electron chi connectivity index (χ2n) is 7.56. The Kier molecular flexibility index (Phi) is 5.21. The van der Waals surface area contributed by atoms with E-state index in [4.69, 9.17) is 4.98 Å². The molecule has 6 heteroatoms. The fourth-order valence-corrected chi connectivity index (χ4v) is 3.84. The molecule has 4 aromatic rings. The molecule has 0 bridgehead atoms. The van der Waals surface area contributed by atoms with Gasteiger partial charge in [-0.1, -0.05) is 42.0 Å². The summed E-state index contributed by atoms with van der Waals surface area (Å²) in [6.45, 7) is 5.88. The number of non-ortho nitro benzene ring substituents is 1. The second-order valence-corrected chi connectivity index (χ2v) is 7.56. The van der Waals surface area contributed by atoms with Crippen LogP contribution in [0.5, 0.6) is 0 Å². The molecule has 0 spiro atoms. The van der Waals surface area contributed by atoms with Gasteiger partial charge in [0.1, 0.15) is 0 Å². The van der Waals surface area contributed by atoms with Crippen LogP contribution in [0.3, 0.4) is 0 Å². The van der Waals surface area contributed by atoms with Gasteiger partial charge in [-0.3, -0.25) is 14.9 Å². The maximum Gasteiger partial charge on any atom is 0.269 e. The predicted octanol–water partition coefficient (Wildman–Crippen LogP) is 5.99. The normalized spacial score (nSPS) is 10.8. The van der Waals surface area contributed by atoms with Crippen LogP contribution in [0.4, 0.5) is 11.4 Å². The molecule has 0 saturated heterocycles. The zero-order chi connectivity index (χ0) is 22.1. The van der Waals surface area contributed by atoms with Crippen LogP contribution in [0, 0.1) is 30.9 Å². The number of anilines is 1. The minimum Gasteiger partial charge on any atom is -0.322 e. The lowest BCUT2D eigenvalue weighted by atomic mass is 9.94. The van der Waals surface area contributed by atoms with Gasteiger partial charge in [-0.15, -0.1) is 0 Å². The van der Waals surface area contributed by atoms with Gasteiger partial charge in [-0.2, -0.15) is 0 Å². The number of amides is 1. The molecule has 1 heterocycles. The molecule has 31 heavy (non-hydrogen) atoms. The van der Waals surface area contributed by atoms with E-state index in [1.54, 1.807) is 0 Å². The van der Waals surface area contributed by atoms with Crippen molar-refractivity contribution in [2.45, 2.75) is 20.8 Å². The molecular weight excluding hydrogens is 390 g/mol. The molecule has 154 valence electrons. The van der Waals surface area contributed by atoms with Gasteiger partial charge >= 0.3 is 0 Å². The number of carbonyl (C=O) groups excluding carboxylic acids is 1. The van der Waals surface area contributed by atoms with Gasteiger partial charge in [-0.25, -0.2) is 4.98 Å². The fourth-order valence-electron chi connectivity index (χ4n) is 3.84. The number of nitro benzene ring substituents is 1. The van der Waals surface area contributed by atoms with E-state index in [1.165, 1.54) is 24.3 Å². The van der Waals surface area contributed by atoms with E-state index in [1.807, 2.05) is 57.2 Å². The van der Waals surface area contributed by atoms with Crippen molar-refractivity contribution in [2.75, 3.05) is 5.32 Å². The molecule has 6 nitrogen and oxygen atoms in total. The number of fused-ring (bicyclic) bond motifs is 1. The molecule has 1 N–H and O–H groups in total. The zero-order valence-electron chi connectivity index (χ0n) is 17.5. The molecule has 0 aliphatic rings. The van der Waals surface area contributed by atoms with Gasteiger partial charge < -0.3 is 5.32 Å². The Balaban J connectivity index is 1.87. The highest BCUT2D eigenvalue weighted by Gasteiger charge is 2.20. The smallest absolute Gasteiger partial charge is 0.269 e. The van der Waals surface area contributed by atoms with Crippen molar-refractivity contribution in [1.82, 2.24) is 4.98 Å². The van der Waals surface area contributed by atoms with Crippen LogP contribution in [-0.4, -0.2) is 15.8 Å². The lowest BCUT2D eigenvalue weighted by Crippen LogP contribution is -2.15.